The number of nitrogens with one attached hydrogen (secondary N) is 2. The fourth-order valence-electron chi connectivity index (χ4n) is 3.14. The fraction of sp³-hybridized carbons (Fsp3) is 0.316. The van der Waals surface area contributed by atoms with Gasteiger partial charge in [0.15, 0.2) is 5.65 Å². The summed E-state index contributed by atoms with van der Waals surface area (Å²) < 4.78 is 1.64. The largest absolute Gasteiger partial charge is 0.394 e. The van der Waals surface area contributed by atoms with Crippen LogP contribution < -0.4 is 10.9 Å². The predicted molar refractivity (Wildman–Crippen MR) is 98.0 cm³/mol. The average Bonchev–Trinajstić information content (AvgIpc) is 3.00. The molecule has 0 saturated heterocycles. The first kappa shape index (κ1) is 17.9. The highest BCUT2D eigenvalue weighted by Gasteiger charge is 2.16. The minimum absolute atomic E-state index is 0.146. The Morgan fingerprint density at radius 1 is 1.31 bits per heavy atom. The zero-order valence-corrected chi connectivity index (χ0v) is 14.8. The first-order valence-electron chi connectivity index (χ1n) is 8.52. The van der Waals surface area contributed by atoms with Crippen LogP contribution in [0.3, 0.4) is 0 Å². The van der Waals surface area contributed by atoms with Crippen molar-refractivity contribution in [2.24, 2.45) is 0 Å². The van der Waals surface area contributed by atoms with Gasteiger partial charge in [0, 0.05) is 23.9 Å². The third-order valence-electron chi connectivity index (χ3n) is 4.52. The van der Waals surface area contributed by atoms with Gasteiger partial charge in [-0.05, 0) is 31.4 Å². The van der Waals surface area contributed by atoms with Crippen LogP contribution in [-0.2, 0) is 11.2 Å². The van der Waals surface area contributed by atoms with Crippen LogP contribution in [0.15, 0.2) is 41.2 Å². The third-order valence-corrected chi connectivity index (χ3v) is 4.52. The van der Waals surface area contributed by atoms with Crippen molar-refractivity contribution in [1.82, 2.24) is 19.9 Å². The number of aromatic amines is 1. The van der Waals surface area contributed by atoms with Crippen LogP contribution in [0.1, 0.15) is 35.0 Å². The number of H-pyrrole nitrogens is 1. The van der Waals surface area contributed by atoms with E-state index >= 15 is 0 Å². The Kier molecular flexibility index (Phi) is 5.18. The van der Waals surface area contributed by atoms with Gasteiger partial charge in [0.05, 0.1) is 12.6 Å². The van der Waals surface area contributed by atoms with Crippen molar-refractivity contribution < 1.29 is 9.90 Å². The molecule has 0 radical (unpaired) electrons. The van der Waals surface area contributed by atoms with E-state index in [2.05, 4.69) is 15.4 Å². The van der Waals surface area contributed by atoms with Gasteiger partial charge in [0.1, 0.15) is 0 Å². The van der Waals surface area contributed by atoms with Gasteiger partial charge >= 0.3 is 0 Å². The highest BCUT2D eigenvalue weighted by atomic mass is 16.3. The summed E-state index contributed by atoms with van der Waals surface area (Å²) in [5.41, 5.74) is 3.83. The van der Waals surface area contributed by atoms with E-state index < -0.39 is 6.04 Å². The Balaban J connectivity index is 1.71. The second-order valence-electron chi connectivity index (χ2n) is 6.29. The maximum atomic E-state index is 12.3. The number of aliphatic hydroxyl groups excluding tert-OH is 1. The van der Waals surface area contributed by atoms with Crippen molar-refractivity contribution in [1.29, 1.82) is 0 Å². The Bertz CT molecular complexity index is 976. The lowest BCUT2D eigenvalue weighted by molar-refractivity contribution is -0.122. The second-order valence-corrected chi connectivity index (χ2v) is 6.29. The molecule has 3 aromatic rings. The van der Waals surface area contributed by atoms with E-state index in [4.69, 9.17) is 0 Å². The van der Waals surface area contributed by atoms with Crippen LogP contribution in [0.5, 0.6) is 0 Å². The Morgan fingerprint density at radius 3 is 2.73 bits per heavy atom. The van der Waals surface area contributed by atoms with E-state index in [0.29, 0.717) is 12.1 Å². The minimum Gasteiger partial charge on any atom is -0.394 e. The molecular weight excluding hydrogens is 332 g/mol. The van der Waals surface area contributed by atoms with E-state index in [9.17, 15) is 14.7 Å². The molecule has 2 aromatic heterocycles. The van der Waals surface area contributed by atoms with Crippen molar-refractivity contribution in [3.8, 4) is 0 Å². The first-order valence-corrected chi connectivity index (χ1v) is 8.52. The Labute approximate surface area is 150 Å². The summed E-state index contributed by atoms with van der Waals surface area (Å²) in [4.78, 5) is 28.3. The lowest BCUT2D eigenvalue weighted by Crippen LogP contribution is -2.31. The van der Waals surface area contributed by atoms with E-state index in [1.807, 2.05) is 44.2 Å². The zero-order valence-electron chi connectivity index (χ0n) is 14.8. The van der Waals surface area contributed by atoms with Gasteiger partial charge in [-0.2, -0.15) is 0 Å². The molecule has 7 nitrogen and oxygen atoms in total. The molecular formula is C19H22N4O3. The first-order chi connectivity index (χ1) is 12.5. The zero-order chi connectivity index (χ0) is 18.7. The number of fused-ring (bicyclic) bond motifs is 1. The molecule has 0 aliphatic heterocycles. The molecule has 1 amide bonds. The number of nitrogens with zero attached hydrogens (tertiary/aromatic N) is 2. The number of amides is 1. The fourth-order valence-corrected chi connectivity index (χ4v) is 3.14. The van der Waals surface area contributed by atoms with Crippen LogP contribution in [0.2, 0.25) is 0 Å². The second kappa shape index (κ2) is 7.53. The summed E-state index contributed by atoms with van der Waals surface area (Å²) in [5, 5.41) is 15.1. The van der Waals surface area contributed by atoms with Crippen molar-refractivity contribution in [3.63, 3.8) is 0 Å². The van der Waals surface area contributed by atoms with Gasteiger partial charge in [-0.15, -0.1) is 0 Å². The maximum absolute atomic E-state index is 12.3. The minimum atomic E-state index is -0.424. The summed E-state index contributed by atoms with van der Waals surface area (Å²) in [7, 11) is 0. The van der Waals surface area contributed by atoms with E-state index in [1.165, 1.54) is 6.07 Å². The monoisotopic (exact) mass is 354 g/mol. The van der Waals surface area contributed by atoms with Gasteiger partial charge in [-0.25, -0.2) is 9.50 Å². The van der Waals surface area contributed by atoms with E-state index in [0.717, 1.165) is 22.5 Å². The molecule has 0 spiro atoms. The standard InChI is InChI=1S/C19H22N4O3/c1-12-15(13(2)23-17(20-12)10-19(26)22-23)8-9-18(25)21-16(11-24)14-6-4-3-5-7-14/h3-7,10,16,24H,8-9,11H2,1-2H3,(H,21,25)(H,22,26)/t16-/m0/s1. The Hall–Kier alpha value is -2.93. The maximum Gasteiger partial charge on any atom is 0.266 e. The number of carbonyl (C=O) groups excluding carboxylic acids is 1. The normalized spacial score (nSPS) is 12.3. The highest BCUT2D eigenvalue weighted by molar-refractivity contribution is 5.76. The number of benzene rings is 1. The topological polar surface area (TPSA) is 99.5 Å². The molecule has 0 aliphatic rings. The summed E-state index contributed by atoms with van der Waals surface area (Å²) in [6, 6.07) is 10.4. The number of rotatable bonds is 6. The number of carbonyl (C=O) groups is 1. The van der Waals surface area contributed by atoms with Gasteiger partial charge in [-0.1, -0.05) is 30.3 Å². The molecule has 0 bridgehead atoms. The van der Waals surface area contributed by atoms with Gasteiger partial charge < -0.3 is 10.4 Å². The molecule has 0 aliphatic carbocycles. The van der Waals surface area contributed by atoms with Crippen LogP contribution >= 0.6 is 0 Å². The summed E-state index contributed by atoms with van der Waals surface area (Å²) >= 11 is 0. The predicted octanol–water partition coefficient (Wildman–Crippen LogP) is 1.42. The summed E-state index contributed by atoms with van der Waals surface area (Å²) in [5.74, 6) is -0.146. The molecule has 3 N–H and O–H groups in total. The summed E-state index contributed by atoms with van der Waals surface area (Å²) in [6.07, 6.45) is 0.767. The van der Waals surface area contributed by atoms with Gasteiger partial charge in [-0.3, -0.25) is 14.7 Å². The lowest BCUT2D eigenvalue weighted by atomic mass is 10.0. The van der Waals surface area contributed by atoms with Crippen molar-refractivity contribution in [3.05, 3.63) is 69.3 Å². The van der Waals surface area contributed by atoms with Crippen LogP contribution in [-0.4, -0.2) is 32.2 Å². The Morgan fingerprint density at radius 2 is 2.04 bits per heavy atom. The van der Waals surface area contributed by atoms with Crippen LogP contribution in [0.4, 0.5) is 0 Å². The third kappa shape index (κ3) is 3.67. The van der Waals surface area contributed by atoms with Gasteiger partial charge in [0.25, 0.3) is 5.56 Å². The molecule has 1 atom stereocenters. The number of hydrogen-bond donors (Lipinski definition) is 3. The van der Waals surface area contributed by atoms with Crippen molar-refractivity contribution in [2.75, 3.05) is 6.61 Å². The number of aliphatic hydroxyl groups is 1. The van der Waals surface area contributed by atoms with E-state index in [-0.39, 0.29) is 24.5 Å². The number of hydrogen-bond acceptors (Lipinski definition) is 4. The quantitative estimate of drug-likeness (QED) is 0.623. The highest BCUT2D eigenvalue weighted by Crippen LogP contribution is 2.16. The molecule has 1 aromatic carbocycles. The molecule has 0 fully saturated rings. The van der Waals surface area contributed by atoms with Crippen molar-refractivity contribution >= 4 is 11.6 Å². The number of aromatic nitrogens is 3. The molecule has 26 heavy (non-hydrogen) atoms. The molecule has 136 valence electrons. The SMILES string of the molecule is Cc1nc2cc(=O)[nH]n2c(C)c1CCC(=O)N[C@@H](CO)c1ccccc1. The molecule has 3 rings (SSSR count). The van der Waals surface area contributed by atoms with Crippen LogP contribution in [0.25, 0.3) is 5.65 Å². The van der Waals surface area contributed by atoms with Crippen molar-refractivity contribution in [2.45, 2.75) is 32.7 Å². The lowest BCUT2D eigenvalue weighted by Gasteiger charge is -2.17. The van der Waals surface area contributed by atoms with Crippen LogP contribution in [0, 0.1) is 13.8 Å². The smallest absolute Gasteiger partial charge is 0.266 e. The average molecular weight is 354 g/mol. The molecule has 0 unspecified atom stereocenters. The van der Waals surface area contributed by atoms with Gasteiger partial charge in [0.2, 0.25) is 5.91 Å². The molecule has 0 saturated carbocycles. The molecule has 2 heterocycles. The number of aryl methyl sites for hydroxylation is 2. The van der Waals surface area contributed by atoms with E-state index in [1.54, 1.807) is 4.52 Å². The summed E-state index contributed by atoms with van der Waals surface area (Å²) in [6.45, 7) is 3.61. The molecule has 7 heteroatoms.